The molecule has 0 aliphatic carbocycles. The third kappa shape index (κ3) is 6.12. The fourth-order valence-corrected chi connectivity index (χ4v) is 4.08. The number of nitrogens with zero attached hydrogens (tertiary/aromatic N) is 4. The molecule has 0 aliphatic rings. The summed E-state index contributed by atoms with van der Waals surface area (Å²) in [5, 5.41) is 0. The van der Waals surface area contributed by atoms with Crippen LogP contribution >= 0.6 is 15.9 Å². The molecule has 180 valence electrons. The Bertz CT molecular complexity index is 1150. The maximum absolute atomic E-state index is 13.7. The van der Waals surface area contributed by atoms with Gasteiger partial charge >= 0.3 is 0 Å². The van der Waals surface area contributed by atoms with E-state index < -0.39 is 6.04 Å². The molecule has 1 unspecified atom stereocenters. The highest BCUT2D eigenvalue weighted by molar-refractivity contribution is 9.10. The van der Waals surface area contributed by atoms with Gasteiger partial charge in [-0.15, -0.1) is 0 Å². The van der Waals surface area contributed by atoms with Gasteiger partial charge in [-0.3, -0.25) is 14.2 Å². The van der Waals surface area contributed by atoms with Crippen molar-refractivity contribution in [3.63, 3.8) is 0 Å². The van der Waals surface area contributed by atoms with Crippen molar-refractivity contribution in [3.05, 3.63) is 92.6 Å². The van der Waals surface area contributed by atoms with Gasteiger partial charge in [0.1, 0.15) is 5.82 Å². The van der Waals surface area contributed by atoms with Gasteiger partial charge in [0, 0.05) is 23.1 Å². The summed E-state index contributed by atoms with van der Waals surface area (Å²) in [7, 11) is 5.41. The normalized spacial score (nSPS) is 11.9. The number of halogens is 1. The first kappa shape index (κ1) is 25.6. The Kier molecular flexibility index (Phi) is 9.01. The Morgan fingerprint density at radius 1 is 1.09 bits per heavy atom. The average Bonchev–Trinajstić information content (AvgIpc) is 2.84. The van der Waals surface area contributed by atoms with Crippen LogP contribution in [0.15, 0.2) is 70.1 Å². The van der Waals surface area contributed by atoms with Gasteiger partial charge in [0.2, 0.25) is 5.75 Å². The maximum atomic E-state index is 13.7. The molecular weight excluding hydrogens is 496 g/mol. The number of carbonyl (C=O) groups excluding carboxylic acids is 1. The van der Waals surface area contributed by atoms with Crippen molar-refractivity contribution in [2.24, 2.45) is 0 Å². The van der Waals surface area contributed by atoms with Crippen molar-refractivity contribution in [2.75, 3.05) is 34.3 Å². The largest absolute Gasteiger partial charge is 0.490 e. The Morgan fingerprint density at radius 3 is 2.35 bits per heavy atom. The molecule has 0 bridgehead atoms. The molecule has 34 heavy (non-hydrogen) atoms. The van der Waals surface area contributed by atoms with Gasteiger partial charge in [0.15, 0.2) is 0 Å². The molecule has 1 atom stereocenters. The summed E-state index contributed by atoms with van der Waals surface area (Å²) < 4.78 is 7.80. The molecule has 1 heterocycles. The van der Waals surface area contributed by atoms with E-state index in [9.17, 15) is 9.59 Å². The fourth-order valence-electron chi connectivity index (χ4n) is 3.82. The molecule has 0 aliphatic heterocycles. The van der Waals surface area contributed by atoms with Gasteiger partial charge in [0.05, 0.1) is 25.9 Å². The number of hydrogen-bond donors (Lipinski definition) is 0. The molecule has 0 spiro atoms. The molecule has 0 radical (unpaired) electrons. The number of amides is 1. The van der Waals surface area contributed by atoms with Crippen LogP contribution in [0.25, 0.3) is 0 Å². The lowest BCUT2D eigenvalue weighted by Gasteiger charge is -2.33. The Hall–Kier alpha value is -2.97. The zero-order valence-corrected chi connectivity index (χ0v) is 21.7. The number of hydrogen-bond acceptors (Lipinski definition) is 5. The lowest BCUT2D eigenvalue weighted by molar-refractivity contribution is 0.0641. The van der Waals surface area contributed by atoms with E-state index >= 15 is 0 Å². The average molecular weight is 527 g/mol. The van der Waals surface area contributed by atoms with E-state index in [1.54, 1.807) is 16.7 Å². The number of carbonyl (C=O) groups is 1. The molecule has 1 amide bonds. The Labute approximate surface area is 209 Å². The van der Waals surface area contributed by atoms with Crippen LogP contribution in [0.3, 0.4) is 0 Å². The van der Waals surface area contributed by atoms with E-state index in [1.807, 2.05) is 73.3 Å². The van der Waals surface area contributed by atoms with E-state index in [-0.39, 0.29) is 17.2 Å². The van der Waals surface area contributed by atoms with Crippen molar-refractivity contribution in [2.45, 2.75) is 25.9 Å². The summed E-state index contributed by atoms with van der Waals surface area (Å²) in [5.74, 6) is 0.618. The molecule has 3 rings (SSSR count). The first-order valence-electron chi connectivity index (χ1n) is 11.2. The molecular formula is C26H31BrN4O3. The van der Waals surface area contributed by atoms with Gasteiger partial charge in [-0.2, -0.15) is 0 Å². The lowest BCUT2D eigenvalue weighted by Crippen LogP contribution is -2.42. The quantitative estimate of drug-likeness (QED) is 0.395. The van der Waals surface area contributed by atoms with Crippen molar-refractivity contribution in [1.82, 2.24) is 19.4 Å². The zero-order valence-electron chi connectivity index (χ0n) is 20.1. The fraction of sp³-hybridized carbons (Fsp3) is 0.346. The van der Waals surface area contributed by atoms with Gasteiger partial charge < -0.3 is 14.5 Å². The minimum Gasteiger partial charge on any atom is -0.490 e. The van der Waals surface area contributed by atoms with Crippen molar-refractivity contribution >= 4 is 21.8 Å². The second kappa shape index (κ2) is 11.9. The van der Waals surface area contributed by atoms with E-state index in [4.69, 9.17) is 4.74 Å². The van der Waals surface area contributed by atoms with Crippen LogP contribution in [0.5, 0.6) is 5.75 Å². The molecule has 0 saturated carbocycles. The maximum Gasteiger partial charge on any atom is 0.296 e. The first-order chi connectivity index (χ1) is 16.3. The number of ether oxygens (including phenoxy) is 1. The summed E-state index contributed by atoms with van der Waals surface area (Å²) in [6.07, 6.45) is 2.05. The molecule has 1 aromatic heterocycles. The lowest BCUT2D eigenvalue weighted by atomic mass is 10.1. The monoisotopic (exact) mass is 526 g/mol. The number of likely N-dealkylation sites (N-methyl/N-ethyl adjacent to an activating group) is 1. The van der Waals surface area contributed by atoms with Crippen LogP contribution in [-0.4, -0.2) is 59.6 Å². The van der Waals surface area contributed by atoms with Crippen LogP contribution in [0.2, 0.25) is 0 Å². The predicted molar refractivity (Wildman–Crippen MR) is 137 cm³/mol. The van der Waals surface area contributed by atoms with Crippen LogP contribution < -0.4 is 10.3 Å². The van der Waals surface area contributed by atoms with Gasteiger partial charge in [-0.25, -0.2) is 4.98 Å². The van der Waals surface area contributed by atoms with Crippen molar-refractivity contribution in [1.29, 1.82) is 0 Å². The first-order valence-corrected chi connectivity index (χ1v) is 12.0. The van der Waals surface area contributed by atoms with Gasteiger partial charge in [-0.05, 0) is 50.3 Å². The molecule has 0 N–H and O–H groups in total. The third-order valence-electron chi connectivity index (χ3n) is 5.65. The molecule has 0 fully saturated rings. The highest BCUT2D eigenvalue weighted by Crippen LogP contribution is 2.26. The predicted octanol–water partition coefficient (Wildman–Crippen LogP) is 4.22. The van der Waals surface area contributed by atoms with E-state index in [0.717, 1.165) is 10.0 Å². The number of aromatic nitrogens is 2. The molecule has 8 heteroatoms. The molecule has 0 saturated heterocycles. The van der Waals surface area contributed by atoms with Crippen LogP contribution in [0.4, 0.5) is 0 Å². The molecule has 3 aromatic rings. The van der Waals surface area contributed by atoms with E-state index in [2.05, 4.69) is 20.9 Å². The highest BCUT2D eigenvalue weighted by Gasteiger charge is 2.29. The summed E-state index contributed by atoms with van der Waals surface area (Å²) >= 11 is 3.43. The van der Waals surface area contributed by atoms with Crippen LogP contribution in [0, 0.1) is 0 Å². The summed E-state index contributed by atoms with van der Waals surface area (Å²) in [6.45, 7) is 3.51. The molecule has 2 aromatic carbocycles. The van der Waals surface area contributed by atoms with Crippen LogP contribution in [0.1, 0.15) is 41.1 Å². The smallest absolute Gasteiger partial charge is 0.296 e. The van der Waals surface area contributed by atoms with Crippen molar-refractivity contribution in [3.8, 4) is 5.75 Å². The number of methoxy groups -OCH3 is 1. The standard InChI is InChI=1S/C26H31BrN4O3/c1-5-22(30(16-15-29(2)3)25(32)20-11-13-21(27)14-12-20)24-28-17-23(34-4)26(33)31(24)18-19-9-7-6-8-10-19/h6-14,17,22H,5,15-16,18H2,1-4H3. The van der Waals surface area contributed by atoms with Crippen LogP contribution in [-0.2, 0) is 6.54 Å². The zero-order chi connectivity index (χ0) is 24.7. The minimum absolute atomic E-state index is 0.0995. The second-order valence-electron chi connectivity index (χ2n) is 8.29. The minimum atomic E-state index is -0.390. The Morgan fingerprint density at radius 2 is 1.76 bits per heavy atom. The third-order valence-corrected chi connectivity index (χ3v) is 6.18. The number of benzene rings is 2. The Balaban J connectivity index is 2.09. The van der Waals surface area contributed by atoms with Gasteiger partial charge in [0.25, 0.3) is 11.5 Å². The summed E-state index contributed by atoms with van der Waals surface area (Å²) in [6, 6.07) is 16.7. The summed E-state index contributed by atoms with van der Waals surface area (Å²) in [4.78, 5) is 35.5. The van der Waals surface area contributed by atoms with E-state index in [0.29, 0.717) is 37.4 Å². The number of rotatable bonds is 10. The topological polar surface area (TPSA) is 67.7 Å². The summed E-state index contributed by atoms with van der Waals surface area (Å²) in [5.41, 5.74) is 1.29. The van der Waals surface area contributed by atoms with Gasteiger partial charge in [-0.1, -0.05) is 53.2 Å². The molecule has 7 nitrogen and oxygen atoms in total. The van der Waals surface area contributed by atoms with E-state index in [1.165, 1.54) is 13.3 Å². The SMILES string of the molecule is CCC(c1ncc(OC)c(=O)n1Cc1ccccc1)N(CCN(C)C)C(=O)c1ccc(Br)cc1. The van der Waals surface area contributed by atoms with Crippen molar-refractivity contribution < 1.29 is 9.53 Å². The second-order valence-corrected chi connectivity index (χ2v) is 9.21. The highest BCUT2D eigenvalue weighted by atomic mass is 79.9.